The highest BCUT2D eigenvalue weighted by atomic mass is 35.5. The van der Waals surface area contributed by atoms with Crippen molar-refractivity contribution in [2.45, 2.75) is 45.4 Å². The molecule has 0 aromatic heterocycles. The van der Waals surface area contributed by atoms with Gasteiger partial charge in [0.15, 0.2) is 0 Å². The third-order valence-electron chi connectivity index (χ3n) is 1.56. The second-order valence-electron chi connectivity index (χ2n) is 5.08. The summed E-state index contributed by atoms with van der Waals surface area (Å²) < 4.78 is 0. The average Bonchev–Trinajstić information content (AvgIpc) is 2.09. The molecule has 0 aromatic carbocycles. The monoisotopic (exact) mass is 258 g/mol. The van der Waals surface area contributed by atoms with Crippen molar-refractivity contribution in [3.05, 3.63) is 0 Å². The van der Waals surface area contributed by atoms with Crippen LogP contribution in [0.1, 0.15) is 27.7 Å². The van der Waals surface area contributed by atoms with Crippen LogP contribution in [0.25, 0.3) is 0 Å². The second-order valence-corrected chi connectivity index (χ2v) is 9.32. The first-order chi connectivity index (χ1) is 6.97. The van der Waals surface area contributed by atoms with Gasteiger partial charge in [0, 0.05) is 5.50 Å². The number of aliphatic hydroxyl groups is 2. The fraction of sp³-hybridized carbons (Fsp3) is 0.667. The number of hydrogen-bond donors (Lipinski definition) is 2. The van der Waals surface area contributed by atoms with Crippen LogP contribution in [0.2, 0.25) is 6.55 Å². The van der Waals surface area contributed by atoms with Crippen molar-refractivity contribution >= 4 is 19.7 Å². The highest BCUT2D eigenvalue weighted by Crippen LogP contribution is 2.06. The molecule has 2 N–H and O–H groups in total. The summed E-state index contributed by atoms with van der Waals surface area (Å²) >= 11 is 5.86. The molecule has 0 radical (unpaired) electrons. The Kier molecular flexibility index (Phi) is 5.10. The summed E-state index contributed by atoms with van der Waals surface area (Å²) in [7, 11) is -2.22. The van der Waals surface area contributed by atoms with E-state index in [1.165, 1.54) is 0 Å². The van der Waals surface area contributed by atoms with Gasteiger partial charge in [0.2, 0.25) is 8.07 Å². The first-order valence-corrected chi connectivity index (χ1v) is 8.31. The van der Waals surface area contributed by atoms with Gasteiger partial charge in [-0.05, 0) is 34.2 Å². The first-order valence-electron chi connectivity index (χ1n) is 5.07. The zero-order chi connectivity index (χ0) is 13.0. The molecule has 90 valence electrons. The van der Waals surface area contributed by atoms with Crippen LogP contribution in [0.5, 0.6) is 0 Å². The van der Waals surface area contributed by atoms with Crippen molar-refractivity contribution in [2.24, 2.45) is 0 Å². The summed E-state index contributed by atoms with van der Waals surface area (Å²) in [5.74, 6) is 5.50. The highest BCUT2D eigenvalue weighted by Gasteiger charge is 2.23. The Morgan fingerprint density at radius 1 is 1.00 bits per heavy atom. The van der Waals surface area contributed by atoms with Crippen LogP contribution in [0.3, 0.4) is 0 Å². The summed E-state index contributed by atoms with van der Waals surface area (Å²) in [6.45, 7) is 8.38. The van der Waals surface area contributed by atoms with Crippen LogP contribution < -0.4 is 0 Å². The van der Waals surface area contributed by atoms with Gasteiger partial charge in [-0.2, -0.15) is 0 Å². The maximum atomic E-state index is 9.51. The fourth-order valence-corrected chi connectivity index (χ4v) is 2.44. The predicted molar refractivity (Wildman–Crippen MR) is 70.5 cm³/mol. The van der Waals surface area contributed by atoms with E-state index >= 15 is 0 Å². The fourth-order valence-electron chi connectivity index (χ4n) is 0.680. The molecule has 0 spiro atoms. The molecule has 2 nitrogen and oxygen atoms in total. The Morgan fingerprint density at radius 2 is 1.31 bits per heavy atom. The zero-order valence-corrected chi connectivity index (χ0v) is 12.2. The molecule has 0 bridgehead atoms. The van der Waals surface area contributed by atoms with Gasteiger partial charge in [-0.1, -0.05) is 11.8 Å². The van der Waals surface area contributed by atoms with E-state index in [1.54, 1.807) is 27.7 Å². The van der Waals surface area contributed by atoms with Crippen LogP contribution in [0.15, 0.2) is 0 Å². The van der Waals surface area contributed by atoms with Gasteiger partial charge < -0.3 is 10.2 Å². The third kappa shape index (κ3) is 7.79. The summed E-state index contributed by atoms with van der Waals surface area (Å²) in [5, 5.41) is 19.0. The lowest BCUT2D eigenvalue weighted by molar-refractivity contribution is 0.143. The number of halogens is 1. The zero-order valence-electron chi connectivity index (χ0n) is 10.5. The molecule has 0 heterocycles. The maximum Gasteiger partial charge on any atom is 0.228 e. The van der Waals surface area contributed by atoms with Gasteiger partial charge in [-0.25, -0.2) is 0 Å². The van der Waals surface area contributed by atoms with Crippen LogP contribution >= 0.6 is 11.6 Å². The molecule has 0 unspecified atom stereocenters. The van der Waals surface area contributed by atoms with E-state index in [0.717, 1.165) is 0 Å². The van der Waals surface area contributed by atoms with Crippen molar-refractivity contribution in [3.63, 3.8) is 0 Å². The SMILES string of the molecule is CC(C)(O)C#C[Si](C)(C#CC(C)(C)O)CCl. The van der Waals surface area contributed by atoms with Gasteiger partial charge >= 0.3 is 0 Å². The van der Waals surface area contributed by atoms with Gasteiger partial charge in [-0.3, -0.25) is 0 Å². The molecule has 0 amide bonds. The van der Waals surface area contributed by atoms with Gasteiger partial charge in [-0.15, -0.1) is 22.7 Å². The quantitative estimate of drug-likeness (QED) is 0.425. The molecule has 0 fully saturated rings. The number of alkyl halides is 1. The number of hydrogen-bond acceptors (Lipinski definition) is 2. The van der Waals surface area contributed by atoms with Gasteiger partial charge in [0.1, 0.15) is 11.2 Å². The van der Waals surface area contributed by atoms with Crippen LogP contribution in [0.4, 0.5) is 0 Å². The van der Waals surface area contributed by atoms with Gasteiger partial charge in [0.05, 0.1) is 0 Å². The minimum Gasteiger partial charge on any atom is -0.378 e. The molecule has 0 atom stereocenters. The number of rotatable bonds is 1. The molecule has 0 saturated carbocycles. The van der Waals surface area contributed by atoms with Crippen molar-refractivity contribution in [3.8, 4) is 22.9 Å². The third-order valence-corrected chi connectivity index (χ3v) is 5.05. The molecule has 4 heteroatoms. The standard InChI is InChI=1S/C12H19ClO2Si/c1-11(2,14)6-8-16(5,10-13)9-7-12(3,4)15/h14-15H,10H2,1-5H3. The van der Waals surface area contributed by atoms with Crippen LogP contribution in [-0.4, -0.2) is 35.0 Å². The van der Waals surface area contributed by atoms with E-state index in [-0.39, 0.29) is 0 Å². The van der Waals surface area contributed by atoms with Crippen molar-refractivity contribution in [2.75, 3.05) is 5.50 Å². The van der Waals surface area contributed by atoms with E-state index in [2.05, 4.69) is 22.9 Å². The Hall–Kier alpha value is -0.453. The van der Waals surface area contributed by atoms with E-state index < -0.39 is 19.3 Å². The summed E-state index contributed by atoms with van der Waals surface area (Å²) in [4.78, 5) is 0. The molecule has 0 aliphatic carbocycles. The lowest BCUT2D eigenvalue weighted by atomic mass is 10.2. The van der Waals surface area contributed by atoms with Crippen LogP contribution in [0, 0.1) is 22.9 Å². The van der Waals surface area contributed by atoms with Crippen molar-refractivity contribution < 1.29 is 10.2 Å². The van der Waals surface area contributed by atoms with E-state index in [9.17, 15) is 10.2 Å². The molecule has 16 heavy (non-hydrogen) atoms. The van der Waals surface area contributed by atoms with Crippen LogP contribution in [-0.2, 0) is 0 Å². The highest BCUT2D eigenvalue weighted by molar-refractivity contribution is 6.97. The Bertz CT molecular complexity index is 323. The second kappa shape index (κ2) is 5.25. The molecular weight excluding hydrogens is 240 g/mol. The molecule has 0 aliphatic heterocycles. The maximum absolute atomic E-state index is 9.51. The lowest BCUT2D eigenvalue weighted by Gasteiger charge is -2.13. The average molecular weight is 259 g/mol. The smallest absolute Gasteiger partial charge is 0.228 e. The Labute approximate surface area is 104 Å². The molecule has 0 saturated heterocycles. The van der Waals surface area contributed by atoms with Crippen molar-refractivity contribution in [1.82, 2.24) is 0 Å². The molecule has 0 aliphatic rings. The Morgan fingerprint density at radius 3 is 1.50 bits per heavy atom. The Balaban J connectivity index is 5.05. The molecule has 0 aromatic rings. The van der Waals surface area contributed by atoms with E-state index in [4.69, 9.17) is 11.6 Å². The van der Waals surface area contributed by atoms with E-state index in [1.807, 2.05) is 6.55 Å². The topological polar surface area (TPSA) is 40.5 Å². The molecule has 0 rings (SSSR count). The predicted octanol–water partition coefficient (Wildman–Crippen LogP) is 1.47. The molecular formula is C12H19ClO2Si. The summed E-state index contributed by atoms with van der Waals surface area (Å²) in [6, 6.07) is 0. The lowest BCUT2D eigenvalue weighted by Crippen LogP contribution is -2.32. The minimum atomic E-state index is -2.22. The van der Waals surface area contributed by atoms with Gasteiger partial charge in [0.25, 0.3) is 0 Å². The summed E-state index contributed by atoms with van der Waals surface area (Å²) in [5.41, 5.74) is 4.26. The summed E-state index contributed by atoms with van der Waals surface area (Å²) in [6.07, 6.45) is 0. The van der Waals surface area contributed by atoms with Crippen molar-refractivity contribution in [1.29, 1.82) is 0 Å². The van der Waals surface area contributed by atoms with E-state index in [0.29, 0.717) is 5.50 Å². The normalized spacial score (nSPS) is 12.2. The largest absolute Gasteiger partial charge is 0.378 e. The minimum absolute atomic E-state index is 0.360. The first kappa shape index (κ1) is 15.5.